The zero-order valence-corrected chi connectivity index (χ0v) is 23.7. The summed E-state index contributed by atoms with van der Waals surface area (Å²) in [4.78, 5) is 32.7. The monoisotopic (exact) mass is 539 g/mol. The van der Waals surface area contributed by atoms with Crippen LogP contribution in [0.15, 0.2) is 42.5 Å². The molecule has 39 heavy (non-hydrogen) atoms. The summed E-state index contributed by atoms with van der Waals surface area (Å²) >= 11 is 0. The number of carbonyl (C=O) groups excluding carboxylic acids is 2. The Balaban J connectivity index is 1.55. The summed E-state index contributed by atoms with van der Waals surface area (Å²) in [5.41, 5.74) is 2.77. The number of rotatable bonds is 10. The second-order valence-electron chi connectivity index (χ2n) is 10.9. The van der Waals surface area contributed by atoms with Crippen molar-refractivity contribution in [2.75, 3.05) is 53.0 Å². The maximum atomic E-state index is 14.3. The van der Waals surface area contributed by atoms with E-state index >= 15 is 0 Å². The van der Waals surface area contributed by atoms with Gasteiger partial charge in [-0.3, -0.25) is 14.5 Å². The zero-order chi connectivity index (χ0) is 27.9. The Hall–Kier alpha value is -2.97. The minimum Gasteiger partial charge on any atom is -0.481 e. The van der Waals surface area contributed by atoms with Gasteiger partial charge in [-0.2, -0.15) is 0 Å². The van der Waals surface area contributed by atoms with E-state index in [1.807, 2.05) is 54.8 Å². The van der Waals surface area contributed by atoms with Crippen LogP contribution >= 0.6 is 0 Å². The highest BCUT2D eigenvalue weighted by atomic mass is 19.1. The molecule has 0 saturated carbocycles. The molecule has 212 valence electrons. The molecule has 0 N–H and O–H groups in total. The van der Waals surface area contributed by atoms with Crippen molar-refractivity contribution in [3.8, 4) is 5.75 Å². The van der Waals surface area contributed by atoms with E-state index in [0.29, 0.717) is 44.8 Å². The number of fused-ring (bicyclic) bond motifs is 1. The van der Waals surface area contributed by atoms with Crippen molar-refractivity contribution in [2.24, 2.45) is 5.92 Å². The van der Waals surface area contributed by atoms with Gasteiger partial charge < -0.3 is 19.3 Å². The first kappa shape index (κ1) is 29.0. The second kappa shape index (κ2) is 13.4. The van der Waals surface area contributed by atoms with Crippen LogP contribution in [0.3, 0.4) is 0 Å². The van der Waals surface area contributed by atoms with Crippen LogP contribution in [0.25, 0.3) is 0 Å². The van der Waals surface area contributed by atoms with E-state index in [-0.39, 0.29) is 23.5 Å². The van der Waals surface area contributed by atoms with Crippen LogP contribution in [0.2, 0.25) is 0 Å². The minimum absolute atomic E-state index is 0.00275. The van der Waals surface area contributed by atoms with Gasteiger partial charge in [0.15, 0.2) is 6.10 Å². The molecule has 8 heteroatoms. The third-order valence-corrected chi connectivity index (χ3v) is 7.63. The fourth-order valence-electron chi connectivity index (χ4n) is 5.53. The van der Waals surface area contributed by atoms with E-state index in [9.17, 15) is 14.0 Å². The van der Waals surface area contributed by atoms with Crippen molar-refractivity contribution in [1.29, 1.82) is 0 Å². The average molecular weight is 540 g/mol. The number of methoxy groups -OCH3 is 1. The maximum absolute atomic E-state index is 14.3. The van der Waals surface area contributed by atoms with Gasteiger partial charge in [-0.25, -0.2) is 4.39 Å². The van der Waals surface area contributed by atoms with Gasteiger partial charge in [0.25, 0.3) is 5.91 Å². The topological polar surface area (TPSA) is 62.3 Å². The summed E-state index contributed by atoms with van der Waals surface area (Å²) in [6.07, 6.45) is 1.10. The Labute approximate surface area is 231 Å². The number of ether oxygens (including phenoxy) is 2. The van der Waals surface area contributed by atoms with Crippen LogP contribution in [0.5, 0.6) is 5.75 Å². The predicted octanol–water partition coefficient (Wildman–Crippen LogP) is 4.29. The SMILES string of the molecule is CC[C@@H](Oc1ccc2c(c1)[C@H](c1cccc(F)c1)N(C(=O)CC(C)C)CC2)C(=O)N1CCN(CCOC)CC1. The van der Waals surface area contributed by atoms with Crippen LogP contribution in [0, 0.1) is 11.7 Å². The molecule has 4 rings (SSSR count). The fourth-order valence-corrected chi connectivity index (χ4v) is 5.53. The molecule has 1 fully saturated rings. The lowest BCUT2D eigenvalue weighted by atomic mass is 9.87. The first-order valence-corrected chi connectivity index (χ1v) is 14.1. The molecule has 2 heterocycles. The highest BCUT2D eigenvalue weighted by Gasteiger charge is 2.33. The summed E-state index contributed by atoms with van der Waals surface area (Å²) in [6.45, 7) is 11.1. The summed E-state index contributed by atoms with van der Waals surface area (Å²) in [5, 5.41) is 0. The molecule has 2 aromatic carbocycles. The lowest BCUT2D eigenvalue weighted by Crippen LogP contribution is -2.52. The molecule has 2 aliphatic rings. The van der Waals surface area contributed by atoms with E-state index in [4.69, 9.17) is 9.47 Å². The number of hydrogen-bond acceptors (Lipinski definition) is 5. The Bertz CT molecular complexity index is 1130. The molecule has 2 aromatic rings. The largest absolute Gasteiger partial charge is 0.481 e. The molecule has 2 aliphatic heterocycles. The first-order chi connectivity index (χ1) is 18.8. The lowest BCUT2D eigenvalue weighted by molar-refractivity contribution is -0.140. The molecular weight excluding hydrogens is 497 g/mol. The van der Waals surface area contributed by atoms with Gasteiger partial charge in [0, 0.05) is 52.8 Å². The summed E-state index contributed by atoms with van der Waals surface area (Å²) in [6, 6.07) is 11.9. The van der Waals surface area contributed by atoms with Crippen molar-refractivity contribution in [3.05, 3.63) is 65.0 Å². The molecule has 7 nitrogen and oxygen atoms in total. The highest BCUT2D eigenvalue weighted by Crippen LogP contribution is 2.38. The third-order valence-electron chi connectivity index (χ3n) is 7.63. The normalized spacial score (nSPS) is 18.7. The molecule has 0 bridgehead atoms. The molecule has 2 amide bonds. The fraction of sp³-hybridized carbons (Fsp3) is 0.548. The molecular formula is C31H42FN3O4. The number of amides is 2. The van der Waals surface area contributed by atoms with Gasteiger partial charge in [-0.05, 0) is 59.7 Å². The predicted molar refractivity (Wildman–Crippen MR) is 149 cm³/mol. The van der Waals surface area contributed by atoms with Gasteiger partial charge >= 0.3 is 0 Å². The van der Waals surface area contributed by atoms with Crippen LogP contribution in [0.4, 0.5) is 4.39 Å². The van der Waals surface area contributed by atoms with E-state index in [0.717, 1.165) is 42.7 Å². The molecule has 0 aromatic heterocycles. The number of carbonyl (C=O) groups is 2. The van der Waals surface area contributed by atoms with Crippen LogP contribution < -0.4 is 4.74 Å². The van der Waals surface area contributed by atoms with Gasteiger partial charge in [-0.1, -0.05) is 39.0 Å². The molecule has 0 spiro atoms. The van der Waals surface area contributed by atoms with Gasteiger partial charge in [0.05, 0.1) is 12.6 Å². The number of halogens is 1. The van der Waals surface area contributed by atoms with E-state index in [2.05, 4.69) is 4.90 Å². The van der Waals surface area contributed by atoms with Crippen LogP contribution in [-0.2, 0) is 20.7 Å². The Morgan fingerprint density at radius 3 is 2.49 bits per heavy atom. The van der Waals surface area contributed by atoms with Gasteiger partial charge in [0.1, 0.15) is 11.6 Å². The maximum Gasteiger partial charge on any atom is 0.263 e. The van der Waals surface area contributed by atoms with Crippen LogP contribution in [-0.4, -0.2) is 85.6 Å². The lowest BCUT2D eigenvalue weighted by Gasteiger charge is -2.38. The number of benzene rings is 2. The van der Waals surface area contributed by atoms with Crippen molar-refractivity contribution in [3.63, 3.8) is 0 Å². The second-order valence-corrected chi connectivity index (χ2v) is 10.9. The molecule has 0 aliphatic carbocycles. The van der Waals surface area contributed by atoms with Crippen molar-refractivity contribution in [2.45, 2.75) is 52.2 Å². The van der Waals surface area contributed by atoms with E-state index < -0.39 is 12.1 Å². The van der Waals surface area contributed by atoms with Crippen molar-refractivity contribution >= 4 is 11.8 Å². The van der Waals surface area contributed by atoms with Gasteiger partial charge in [0.2, 0.25) is 5.91 Å². The Morgan fingerprint density at radius 2 is 1.82 bits per heavy atom. The minimum atomic E-state index is -0.594. The molecule has 1 saturated heterocycles. The molecule has 0 unspecified atom stereocenters. The van der Waals surface area contributed by atoms with Crippen molar-refractivity contribution < 1.29 is 23.5 Å². The average Bonchev–Trinajstić information content (AvgIpc) is 2.93. The standard InChI is InChI=1S/C31H42FN3O4/c1-5-28(31(37)34-15-13-33(14-16-34)17-18-38-4)39-26-10-9-23-11-12-35(29(36)19-22(2)3)30(27(23)21-26)24-7-6-8-25(32)20-24/h6-10,20-22,28,30H,5,11-19H2,1-4H3/t28-,30+/m1/s1. The quantitative estimate of drug-likeness (QED) is 0.451. The Morgan fingerprint density at radius 1 is 1.05 bits per heavy atom. The smallest absolute Gasteiger partial charge is 0.263 e. The zero-order valence-electron chi connectivity index (χ0n) is 23.7. The van der Waals surface area contributed by atoms with Crippen LogP contribution in [0.1, 0.15) is 56.3 Å². The summed E-state index contributed by atoms with van der Waals surface area (Å²) in [7, 11) is 1.70. The van der Waals surface area contributed by atoms with E-state index in [1.165, 1.54) is 12.1 Å². The number of nitrogens with zero attached hydrogens (tertiary/aromatic N) is 3. The third kappa shape index (κ3) is 7.17. The number of hydrogen-bond donors (Lipinski definition) is 0. The molecule has 0 radical (unpaired) electrons. The summed E-state index contributed by atoms with van der Waals surface area (Å²) in [5.74, 6) is 0.536. The first-order valence-electron chi connectivity index (χ1n) is 14.1. The summed E-state index contributed by atoms with van der Waals surface area (Å²) < 4.78 is 25.8. The Kier molecular flexibility index (Phi) is 9.97. The van der Waals surface area contributed by atoms with Gasteiger partial charge in [-0.15, -0.1) is 0 Å². The number of piperazine rings is 1. The highest BCUT2D eigenvalue weighted by molar-refractivity contribution is 5.81. The van der Waals surface area contributed by atoms with E-state index in [1.54, 1.807) is 13.2 Å². The molecule has 2 atom stereocenters. The van der Waals surface area contributed by atoms with Crippen molar-refractivity contribution in [1.82, 2.24) is 14.7 Å².